The molecule has 0 bridgehead atoms. The first-order valence-corrected chi connectivity index (χ1v) is 7.82. The lowest BCUT2D eigenvalue weighted by atomic mass is 9.70. The highest BCUT2D eigenvalue weighted by Crippen LogP contribution is 2.43. The maximum absolute atomic E-state index is 5.45. The summed E-state index contributed by atoms with van der Waals surface area (Å²) in [6.45, 7) is 19.5. The van der Waals surface area contributed by atoms with Crippen molar-refractivity contribution < 1.29 is 4.74 Å². The van der Waals surface area contributed by atoms with Crippen molar-refractivity contribution in [3.8, 4) is 0 Å². The molecule has 3 heteroatoms. The number of likely N-dealkylation sites (tertiary alicyclic amines) is 1. The second kappa shape index (κ2) is 5.34. The van der Waals surface area contributed by atoms with Gasteiger partial charge in [0.05, 0.1) is 13.2 Å². The minimum absolute atomic E-state index is 0.294. The summed E-state index contributed by atoms with van der Waals surface area (Å²) in [6, 6.07) is 0.690. The third-order valence-corrected chi connectivity index (χ3v) is 5.20. The number of hydrogen-bond donors (Lipinski definition) is 0. The summed E-state index contributed by atoms with van der Waals surface area (Å²) in [5.41, 5.74) is 0.640. The smallest absolute Gasteiger partial charge is 0.0594 e. The molecule has 2 atom stereocenters. The van der Waals surface area contributed by atoms with E-state index in [0.29, 0.717) is 17.1 Å². The number of hydrogen-bond acceptors (Lipinski definition) is 3. The van der Waals surface area contributed by atoms with E-state index in [1.807, 2.05) is 0 Å². The van der Waals surface area contributed by atoms with E-state index in [2.05, 4.69) is 51.3 Å². The maximum Gasteiger partial charge on any atom is 0.0594 e. The molecule has 112 valence electrons. The van der Waals surface area contributed by atoms with Crippen LogP contribution < -0.4 is 0 Å². The van der Waals surface area contributed by atoms with Crippen molar-refractivity contribution >= 4 is 0 Å². The van der Waals surface area contributed by atoms with Crippen molar-refractivity contribution in [3.63, 3.8) is 0 Å². The average molecular weight is 268 g/mol. The first kappa shape index (κ1) is 15.3. The largest absolute Gasteiger partial charge is 0.379 e. The quantitative estimate of drug-likeness (QED) is 0.782. The highest BCUT2D eigenvalue weighted by atomic mass is 16.5. The fourth-order valence-corrected chi connectivity index (χ4v) is 3.87. The Labute approximate surface area is 119 Å². The van der Waals surface area contributed by atoms with Crippen LogP contribution in [0.1, 0.15) is 48.0 Å². The molecular formula is C16H32N2O. The zero-order chi connectivity index (χ0) is 14.3. The van der Waals surface area contributed by atoms with Gasteiger partial charge in [0.15, 0.2) is 0 Å². The van der Waals surface area contributed by atoms with Gasteiger partial charge in [-0.1, -0.05) is 0 Å². The Balaban J connectivity index is 1.87. The molecule has 0 amide bonds. The number of morpholine rings is 1. The zero-order valence-electron chi connectivity index (χ0n) is 13.7. The lowest BCUT2D eigenvalue weighted by molar-refractivity contribution is -0.124. The summed E-state index contributed by atoms with van der Waals surface area (Å²) in [5, 5.41) is 0. The fraction of sp³-hybridized carbons (Fsp3) is 1.00. The van der Waals surface area contributed by atoms with Crippen molar-refractivity contribution in [2.75, 3.05) is 32.8 Å². The van der Waals surface area contributed by atoms with Crippen LogP contribution in [0.4, 0.5) is 0 Å². The van der Waals surface area contributed by atoms with Gasteiger partial charge in [0.1, 0.15) is 0 Å². The van der Waals surface area contributed by atoms with Gasteiger partial charge in [0, 0.05) is 36.8 Å². The van der Waals surface area contributed by atoms with Gasteiger partial charge in [-0.15, -0.1) is 0 Å². The topological polar surface area (TPSA) is 15.7 Å². The van der Waals surface area contributed by atoms with Gasteiger partial charge in [-0.25, -0.2) is 0 Å². The van der Waals surface area contributed by atoms with Crippen molar-refractivity contribution in [2.45, 2.75) is 65.1 Å². The van der Waals surface area contributed by atoms with E-state index in [-0.39, 0.29) is 0 Å². The number of rotatable bonds is 3. The Morgan fingerprint density at radius 1 is 1.21 bits per heavy atom. The molecule has 0 aromatic carbocycles. The van der Waals surface area contributed by atoms with E-state index < -0.39 is 0 Å². The second-order valence-corrected chi connectivity index (χ2v) is 7.87. The lowest BCUT2D eigenvalue weighted by Gasteiger charge is -2.62. The van der Waals surface area contributed by atoms with Gasteiger partial charge in [-0.3, -0.25) is 9.80 Å². The predicted octanol–water partition coefficient (Wildman–Crippen LogP) is 2.61. The van der Waals surface area contributed by atoms with E-state index >= 15 is 0 Å². The molecule has 2 saturated heterocycles. The molecule has 2 aliphatic heterocycles. The van der Waals surface area contributed by atoms with Gasteiger partial charge in [0.2, 0.25) is 0 Å². The summed E-state index contributed by atoms with van der Waals surface area (Å²) >= 11 is 0. The van der Waals surface area contributed by atoms with E-state index in [1.54, 1.807) is 0 Å². The monoisotopic (exact) mass is 268 g/mol. The standard InChI is InChI=1S/C16H32N2O/c1-13(17-7-9-19-10-8-17)11-14-12-18(15(2,3)4)16(14,5)6/h13-14H,7-12H2,1-6H3. The van der Waals surface area contributed by atoms with Crippen LogP contribution in [0, 0.1) is 5.92 Å². The van der Waals surface area contributed by atoms with Crippen LogP contribution in [0.5, 0.6) is 0 Å². The summed E-state index contributed by atoms with van der Waals surface area (Å²) in [6.07, 6.45) is 1.32. The normalized spacial score (nSPS) is 30.9. The van der Waals surface area contributed by atoms with Gasteiger partial charge >= 0.3 is 0 Å². The predicted molar refractivity (Wildman–Crippen MR) is 80.5 cm³/mol. The Morgan fingerprint density at radius 3 is 2.26 bits per heavy atom. The molecule has 19 heavy (non-hydrogen) atoms. The molecule has 3 nitrogen and oxygen atoms in total. The van der Waals surface area contributed by atoms with E-state index in [0.717, 1.165) is 32.2 Å². The Kier molecular flexibility index (Phi) is 4.29. The molecule has 2 unspecified atom stereocenters. The zero-order valence-corrected chi connectivity index (χ0v) is 13.7. The Bertz CT molecular complexity index is 302. The minimum atomic E-state index is 0.294. The van der Waals surface area contributed by atoms with Crippen molar-refractivity contribution in [1.29, 1.82) is 0 Å². The molecule has 2 fully saturated rings. The summed E-state index contributed by atoms with van der Waals surface area (Å²) < 4.78 is 5.45. The van der Waals surface area contributed by atoms with Crippen molar-refractivity contribution in [3.05, 3.63) is 0 Å². The molecule has 0 N–H and O–H groups in total. The highest BCUT2D eigenvalue weighted by Gasteiger charge is 2.50. The van der Waals surface area contributed by atoms with Crippen LogP contribution in [-0.4, -0.2) is 59.8 Å². The van der Waals surface area contributed by atoms with Crippen LogP contribution in [0.25, 0.3) is 0 Å². The Hall–Kier alpha value is -0.120. The van der Waals surface area contributed by atoms with Crippen molar-refractivity contribution in [1.82, 2.24) is 9.80 Å². The first-order chi connectivity index (χ1) is 8.73. The second-order valence-electron chi connectivity index (χ2n) is 7.87. The van der Waals surface area contributed by atoms with Crippen LogP contribution in [0.15, 0.2) is 0 Å². The maximum atomic E-state index is 5.45. The molecule has 0 radical (unpaired) electrons. The number of ether oxygens (including phenoxy) is 1. The SMILES string of the molecule is CC(CC1CN(C(C)(C)C)C1(C)C)N1CCOCC1. The molecule has 0 aromatic rings. The van der Waals surface area contributed by atoms with Crippen LogP contribution in [-0.2, 0) is 4.74 Å². The van der Waals surface area contributed by atoms with E-state index in [4.69, 9.17) is 4.74 Å². The summed E-state index contributed by atoms with van der Waals surface area (Å²) in [5.74, 6) is 0.824. The first-order valence-electron chi connectivity index (χ1n) is 7.82. The van der Waals surface area contributed by atoms with Gasteiger partial charge in [-0.05, 0) is 53.9 Å². The third-order valence-electron chi connectivity index (χ3n) is 5.20. The van der Waals surface area contributed by atoms with Crippen LogP contribution >= 0.6 is 0 Å². The molecule has 2 rings (SSSR count). The van der Waals surface area contributed by atoms with E-state index in [1.165, 1.54) is 13.0 Å². The summed E-state index contributed by atoms with van der Waals surface area (Å²) in [7, 11) is 0. The molecular weight excluding hydrogens is 236 g/mol. The average Bonchev–Trinajstić information content (AvgIpc) is 2.33. The summed E-state index contributed by atoms with van der Waals surface area (Å²) in [4.78, 5) is 5.25. The van der Waals surface area contributed by atoms with Crippen LogP contribution in [0.3, 0.4) is 0 Å². The molecule has 2 heterocycles. The number of nitrogens with zero attached hydrogens (tertiary/aromatic N) is 2. The molecule has 0 spiro atoms. The van der Waals surface area contributed by atoms with Gasteiger partial charge < -0.3 is 4.74 Å². The molecule has 0 aromatic heterocycles. The van der Waals surface area contributed by atoms with Gasteiger partial charge in [-0.2, -0.15) is 0 Å². The molecule has 0 aliphatic carbocycles. The lowest BCUT2D eigenvalue weighted by Crippen LogP contribution is -2.70. The minimum Gasteiger partial charge on any atom is -0.379 e. The van der Waals surface area contributed by atoms with Crippen molar-refractivity contribution in [2.24, 2.45) is 5.92 Å². The third kappa shape index (κ3) is 3.14. The van der Waals surface area contributed by atoms with E-state index in [9.17, 15) is 0 Å². The van der Waals surface area contributed by atoms with Gasteiger partial charge in [0.25, 0.3) is 0 Å². The highest BCUT2D eigenvalue weighted by molar-refractivity contribution is 5.05. The molecule has 0 saturated carbocycles. The fourth-order valence-electron chi connectivity index (χ4n) is 3.87. The molecule has 2 aliphatic rings. The Morgan fingerprint density at radius 2 is 1.79 bits per heavy atom. The van der Waals surface area contributed by atoms with Crippen LogP contribution in [0.2, 0.25) is 0 Å².